The minimum atomic E-state index is -6.16. The van der Waals surface area contributed by atoms with Crippen LogP contribution in [-0.4, -0.2) is 77.4 Å². The van der Waals surface area contributed by atoms with Crippen LogP contribution in [0.15, 0.2) is 0 Å². The van der Waals surface area contributed by atoms with E-state index in [-0.39, 0.29) is 6.42 Å². The van der Waals surface area contributed by atoms with Gasteiger partial charge < -0.3 is 19.9 Å². The van der Waals surface area contributed by atoms with Gasteiger partial charge in [-0.1, -0.05) is 58.8 Å². The van der Waals surface area contributed by atoms with E-state index >= 15 is 0 Å². The lowest BCUT2D eigenvalue weighted by atomic mass is 9.69. The Morgan fingerprint density at radius 3 is 1.63 bits per heavy atom. The first-order chi connectivity index (χ1) is 23.4. The number of unbranched alkanes of at least 4 members (excludes halogenated alkanes) is 7. The van der Waals surface area contributed by atoms with Gasteiger partial charge in [-0.15, -0.1) is 0 Å². The fraction of sp³-hybridized carbons (Fsp3) is 0.914. The minimum Gasteiger partial charge on any atom is -0.462 e. The van der Waals surface area contributed by atoms with Crippen LogP contribution in [0.4, 0.5) is 26.3 Å². The Balaban J connectivity index is 6.24. The second-order valence-electron chi connectivity index (χ2n) is 15.8. The molecular weight excluding hydrogens is 724 g/mol. The molecule has 10 nitrogen and oxygen atoms in total. The van der Waals surface area contributed by atoms with Gasteiger partial charge in [0.25, 0.3) is 15.7 Å². The molecule has 4 unspecified atom stereocenters. The highest BCUT2D eigenvalue weighted by atomic mass is 32.2. The molecule has 17 heteroatoms. The van der Waals surface area contributed by atoms with Gasteiger partial charge in [-0.2, -0.15) is 34.8 Å². The molecule has 0 spiro atoms. The maximum absolute atomic E-state index is 13.8. The molecule has 0 aromatic rings. The van der Waals surface area contributed by atoms with E-state index in [0.717, 1.165) is 45.4 Å². The summed E-state index contributed by atoms with van der Waals surface area (Å²) in [6.07, 6.45) is -8.74. The molecule has 0 saturated carbocycles. The van der Waals surface area contributed by atoms with Crippen molar-refractivity contribution in [3.05, 3.63) is 0 Å². The Morgan fingerprint density at radius 1 is 0.731 bits per heavy atom. The van der Waals surface area contributed by atoms with Gasteiger partial charge in [0.1, 0.15) is 6.10 Å². The lowest BCUT2D eigenvalue weighted by Gasteiger charge is -2.39. The number of amides is 1. The molecule has 0 bridgehead atoms. The zero-order chi connectivity index (χ0) is 41.0. The fourth-order valence-electron chi connectivity index (χ4n) is 6.31. The molecule has 0 heterocycles. The summed E-state index contributed by atoms with van der Waals surface area (Å²) in [7, 11) is -4.54. The smallest absolute Gasteiger partial charge is 0.426 e. The third kappa shape index (κ3) is 16.9. The molecule has 0 rings (SSSR count). The number of esters is 2. The SMILES string of the molecule is CCCCCCCCCCC(C)OC(=O)C(C)(C)CC(C)(CC(CC)C(=O)NC(C)(C)CS(=O)(=O)O)C(=O)OC(C)CC(O)(C(F)(F)F)C(F)(F)F. The first-order valence-electron chi connectivity index (χ1n) is 17.9. The van der Waals surface area contributed by atoms with Crippen molar-refractivity contribution < 1.29 is 68.3 Å². The standard InChI is InChI=1S/C35H61F6NO9S/c1-10-12-13-14-15-16-17-18-19-24(3)50-28(44)30(5,6)22-32(9,21-26(11-2)27(43)42-31(7,8)23-52(47,48)49)29(45)51-25(4)20-33(46,34(36,37)38)35(39,40)41/h24-26,46H,10-23H2,1-9H3,(H,42,43)(H,47,48,49). The summed E-state index contributed by atoms with van der Waals surface area (Å²) in [5.41, 5.74) is -10.1. The summed E-state index contributed by atoms with van der Waals surface area (Å²) >= 11 is 0. The number of nitrogens with one attached hydrogen (secondary N) is 1. The van der Waals surface area contributed by atoms with Gasteiger partial charge in [0.05, 0.1) is 28.2 Å². The lowest BCUT2D eigenvalue weighted by molar-refractivity contribution is -0.373. The molecule has 0 aliphatic rings. The number of rotatable bonds is 24. The third-order valence-corrected chi connectivity index (χ3v) is 10.1. The summed E-state index contributed by atoms with van der Waals surface area (Å²) in [6, 6.07) is 0. The maximum atomic E-state index is 13.8. The van der Waals surface area contributed by atoms with Gasteiger partial charge in [0, 0.05) is 12.3 Å². The van der Waals surface area contributed by atoms with Crippen molar-refractivity contribution in [3.8, 4) is 0 Å². The van der Waals surface area contributed by atoms with E-state index in [0.29, 0.717) is 6.42 Å². The van der Waals surface area contributed by atoms with Crippen LogP contribution in [0.5, 0.6) is 0 Å². The van der Waals surface area contributed by atoms with Crippen LogP contribution < -0.4 is 5.32 Å². The lowest BCUT2D eigenvalue weighted by Crippen LogP contribution is -2.58. The molecule has 308 valence electrons. The molecule has 3 N–H and O–H groups in total. The van der Waals surface area contributed by atoms with E-state index in [2.05, 4.69) is 12.2 Å². The molecule has 0 radical (unpaired) electrons. The van der Waals surface area contributed by atoms with Crippen LogP contribution in [0.25, 0.3) is 0 Å². The summed E-state index contributed by atoms with van der Waals surface area (Å²) in [6.45, 7) is 12.9. The number of hydrogen-bond donors (Lipinski definition) is 3. The number of aliphatic hydroxyl groups is 1. The summed E-state index contributed by atoms with van der Waals surface area (Å²) < 4.78 is 123. The number of carbonyl (C=O) groups excluding carboxylic acids is 3. The van der Waals surface area contributed by atoms with E-state index in [1.807, 2.05) is 0 Å². The normalized spacial score (nSPS) is 16.4. The molecule has 0 aliphatic heterocycles. The van der Waals surface area contributed by atoms with Crippen molar-refractivity contribution in [2.45, 2.75) is 181 Å². The van der Waals surface area contributed by atoms with Crippen molar-refractivity contribution in [1.29, 1.82) is 0 Å². The van der Waals surface area contributed by atoms with Crippen LogP contribution in [0.3, 0.4) is 0 Å². The summed E-state index contributed by atoms with van der Waals surface area (Å²) in [5, 5.41) is 12.2. The van der Waals surface area contributed by atoms with Crippen LogP contribution in [-0.2, 0) is 34.0 Å². The first-order valence-corrected chi connectivity index (χ1v) is 19.5. The van der Waals surface area contributed by atoms with Crippen molar-refractivity contribution in [1.82, 2.24) is 5.32 Å². The first kappa shape index (κ1) is 49.9. The number of alkyl halides is 6. The van der Waals surface area contributed by atoms with Crippen molar-refractivity contribution in [2.75, 3.05) is 5.75 Å². The van der Waals surface area contributed by atoms with E-state index in [4.69, 9.17) is 9.47 Å². The van der Waals surface area contributed by atoms with Gasteiger partial charge in [-0.3, -0.25) is 18.9 Å². The second kappa shape index (κ2) is 20.0. The number of halogens is 6. The summed E-state index contributed by atoms with van der Waals surface area (Å²) in [4.78, 5) is 40.5. The largest absolute Gasteiger partial charge is 0.462 e. The quantitative estimate of drug-likeness (QED) is 0.0380. The van der Waals surface area contributed by atoms with Gasteiger partial charge >= 0.3 is 24.3 Å². The highest BCUT2D eigenvalue weighted by Gasteiger charge is 2.70. The van der Waals surface area contributed by atoms with E-state index in [1.165, 1.54) is 47.5 Å². The topological polar surface area (TPSA) is 156 Å². The summed E-state index contributed by atoms with van der Waals surface area (Å²) in [5.74, 6) is -4.81. The zero-order valence-electron chi connectivity index (χ0n) is 32.1. The van der Waals surface area contributed by atoms with Crippen LogP contribution in [0.1, 0.15) is 146 Å². The highest BCUT2D eigenvalue weighted by molar-refractivity contribution is 7.85. The van der Waals surface area contributed by atoms with E-state index in [1.54, 1.807) is 13.8 Å². The zero-order valence-corrected chi connectivity index (χ0v) is 32.9. The Labute approximate surface area is 305 Å². The Bertz CT molecular complexity index is 1240. The van der Waals surface area contributed by atoms with Gasteiger partial charge in [-0.25, -0.2) is 0 Å². The Morgan fingerprint density at radius 2 is 1.19 bits per heavy atom. The van der Waals surface area contributed by atoms with E-state index in [9.17, 15) is 58.8 Å². The number of ether oxygens (including phenoxy) is 2. The molecule has 0 aromatic heterocycles. The molecule has 52 heavy (non-hydrogen) atoms. The highest BCUT2D eigenvalue weighted by Crippen LogP contribution is 2.47. The molecule has 0 aromatic carbocycles. The van der Waals surface area contributed by atoms with Gasteiger partial charge in [0.15, 0.2) is 0 Å². The fourth-order valence-corrected chi connectivity index (χ4v) is 7.30. The predicted molar refractivity (Wildman–Crippen MR) is 184 cm³/mol. The van der Waals surface area contributed by atoms with Crippen LogP contribution >= 0.6 is 0 Å². The molecule has 4 atom stereocenters. The Hall–Kier alpha value is -2.14. The van der Waals surface area contributed by atoms with Gasteiger partial charge in [0.2, 0.25) is 5.91 Å². The number of carbonyl (C=O) groups is 3. The second-order valence-corrected chi connectivity index (χ2v) is 17.2. The van der Waals surface area contributed by atoms with E-state index < -0.39 is 105 Å². The molecule has 0 fully saturated rings. The average molecular weight is 786 g/mol. The molecular formula is C35H61F6NO9S. The molecule has 0 aliphatic carbocycles. The van der Waals surface area contributed by atoms with Crippen molar-refractivity contribution in [2.24, 2.45) is 16.7 Å². The maximum Gasteiger partial charge on any atom is 0.426 e. The predicted octanol–water partition coefficient (Wildman–Crippen LogP) is 8.25. The van der Waals surface area contributed by atoms with Crippen molar-refractivity contribution >= 4 is 28.0 Å². The molecule has 0 saturated heterocycles. The van der Waals surface area contributed by atoms with Crippen LogP contribution in [0, 0.1) is 16.7 Å². The Kier molecular flexibility index (Phi) is 19.1. The van der Waals surface area contributed by atoms with Crippen LogP contribution in [0.2, 0.25) is 0 Å². The van der Waals surface area contributed by atoms with Crippen molar-refractivity contribution in [3.63, 3.8) is 0 Å². The minimum absolute atomic E-state index is 0.0224. The number of hydrogen-bond acceptors (Lipinski definition) is 8. The molecule has 1 amide bonds. The third-order valence-electron chi connectivity index (χ3n) is 9.04. The monoisotopic (exact) mass is 785 g/mol. The van der Waals surface area contributed by atoms with Gasteiger partial charge in [-0.05, 0) is 80.6 Å². The average Bonchev–Trinajstić information content (AvgIpc) is 2.94.